The van der Waals surface area contributed by atoms with Crippen LogP contribution in [-0.2, 0) is 9.47 Å². The first-order chi connectivity index (χ1) is 11.8. The molecule has 0 radical (unpaired) electrons. The largest absolute Gasteiger partial charge is 0.491 e. The first-order valence-electron chi connectivity index (χ1n) is 8.22. The van der Waals surface area contributed by atoms with Crippen molar-refractivity contribution in [1.82, 2.24) is 0 Å². The predicted molar refractivity (Wildman–Crippen MR) is 92.3 cm³/mol. The number of epoxide rings is 2. The van der Waals surface area contributed by atoms with Crippen LogP contribution in [0.1, 0.15) is 11.1 Å². The van der Waals surface area contributed by atoms with Crippen LogP contribution in [0, 0.1) is 0 Å². The van der Waals surface area contributed by atoms with E-state index in [9.17, 15) is 0 Å². The molecule has 2 aromatic rings. The molecule has 0 amide bonds. The van der Waals surface area contributed by atoms with E-state index in [2.05, 4.69) is 12.2 Å². The molecule has 2 aliphatic rings. The van der Waals surface area contributed by atoms with Crippen molar-refractivity contribution in [3.05, 3.63) is 59.7 Å². The monoisotopic (exact) mass is 324 g/mol. The molecule has 0 N–H and O–H groups in total. The summed E-state index contributed by atoms with van der Waals surface area (Å²) in [5.41, 5.74) is 2.27. The van der Waals surface area contributed by atoms with E-state index in [1.807, 2.05) is 48.5 Å². The van der Waals surface area contributed by atoms with Crippen LogP contribution < -0.4 is 9.47 Å². The lowest BCUT2D eigenvalue weighted by atomic mass is 10.1. The minimum absolute atomic E-state index is 0.285. The van der Waals surface area contributed by atoms with E-state index >= 15 is 0 Å². The number of hydrogen-bond donors (Lipinski definition) is 0. The van der Waals surface area contributed by atoms with Gasteiger partial charge in [-0.05, 0) is 35.4 Å². The third kappa shape index (κ3) is 4.60. The van der Waals surface area contributed by atoms with Gasteiger partial charge in [0.05, 0.1) is 13.2 Å². The highest BCUT2D eigenvalue weighted by Gasteiger charge is 2.23. The highest BCUT2D eigenvalue weighted by molar-refractivity contribution is 5.70. The molecule has 0 saturated carbocycles. The smallest absolute Gasteiger partial charge is 0.119 e. The van der Waals surface area contributed by atoms with Crippen molar-refractivity contribution in [2.75, 3.05) is 26.4 Å². The average molecular weight is 324 g/mol. The van der Waals surface area contributed by atoms with Gasteiger partial charge in [0.25, 0.3) is 0 Å². The van der Waals surface area contributed by atoms with Gasteiger partial charge in [-0.25, -0.2) is 0 Å². The third-order valence-electron chi connectivity index (χ3n) is 3.90. The molecule has 2 aromatic carbocycles. The Morgan fingerprint density at radius 3 is 1.42 bits per heavy atom. The Balaban J connectivity index is 1.29. The van der Waals surface area contributed by atoms with Crippen LogP contribution in [0.15, 0.2) is 48.5 Å². The van der Waals surface area contributed by atoms with Crippen LogP contribution in [0.25, 0.3) is 12.2 Å². The molecule has 2 saturated heterocycles. The van der Waals surface area contributed by atoms with Crippen LogP contribution in [0.5, 0.6) is 11.5 Å². The fourth-order valence-corrected chi connectivity index (χ4v) is 2.25. The Hall–Kier alpha value is -2.30. The molecule has 2 atom stereocenters. The minimum Gasteiger partial charge on any atom is -0.491 e. The van der Waals surface area contributed by atoms with E-state index in [0.717, 1.165) is 35.8 Å². The van der Waals surface area contributed by atoms with E-state index in [-0.39, 0.29) is 12.2 Å². The van der Waals surface area contributed by atoms with Gasteiger partial charge in [-0.1, -0.05) is 36.4 Å². The van der Waals surface area contributed by atoms with Crippen molar-refractivity contribution < 1.29 is 18.9 Å². The Morgan fingerprint density at radius 2 is 1.08 bits per heavy atom. The molecule has 0 spiro atoms. The first-order valence-corrected chi connectivity index (χ1v) is 8.22. The van der Waals surface area contributed by atoms with Gasteiger partial charge < -0.3 is 18.9 Å². The number of ether oxygens (including phenoxy) is 4. The molecule has 2 fully saturated rings. The fourth-order valence-electron chi connectivity index (χ4n) is 2.25. The van der Waals surface area contributed by atoms with Crippen LogP contribution in [0.2, 0.25) is 0 Å². The fraction of sp³-hybridized carbons (Fsp3) is 0.300. The molecule has 4 rings (SSSR count). The quantitative estimate of drug-likeness (QED) is 0.551. The van der Waals surface area contributed by atoms with Crippen molar-refractivity contribution in [2.24, 2.45) is 0 Å². The molecule has 0 aromatic heterocycles. The van der Waals surface area contributed by atoms with Crippen molar-refractivity contribution >= 4 is 12.2 Å². The molecule has 24 heavy (non-hydrogen) atoms. The Morgan fingerprint density at radius 1 is 0.708 bits per heavy atom. The SMILES string of the molecule is C(=Cc1ccc(OCC2CO2)cc1)c1ccc(OCC2CO2)cc1. The second-order valence-corrected chi connectivity index (χ2v) is 6.00. The highest BCUT2D eigenvalue weighted by atomic mass is 16.6. The highest BCUT2D eigenvalue weighted by Crippen LogP contribution is 2.19. The summed E-state index contributed by atoms with van der Waals surface area (Å²) in [6, 6.07) is 16.1. The number of rotatable bonds is 8. The van der Waals surface area contributed by atoms with E-state index < -0.39 is 0 Å². The molecule has 4 nitrogen and oxygen atoms in total. The lowest BCUT2D eigenvalue weighted by Crippen LogP contribution is -2.03. The Labute approximate surface area is 141 Å². The first kappa shape index (κ1) is 15.2. The number of benzene rings is 2. The molecule has 2 unspecified atom stereocenters. The van der Waals surface area contributed by atoms with Crippen LogP contribution in [0.4, 0.5) is 0 Å². The van der Waals surface area contributed by atoms with Gasteiger partial charge >= 0.3 is 0 Å². The maximum atomic E-state index is 5.63. The van der Waals surface area contributed by atoms with Gasteiger partial charge in [-0.3, -0.25) is 0 Å². The lowest BCUT2D eigenvalue weighted by molar-refractivity contribution is 0.263. The van der Waals surface area contributed by atoms with E-state index in [0.29, 0.717) is 13.2 Å². The molecular formula is C20H20O4. The maximum absolute atomic E-state index is 5.63. The van der Waals surface area contributed by atoms with E-state index in [1.54, 1.807) is 0 Å². The molecule has 124 valence electrons. The van der Waals surface area contributed by atoms with Gasteiger partial charge in [-0.15, -0.1) is 0 Å². The molecule has 2 heterocycles. The molecule has 4 heteroatoms. The summed E-state index contributed by atoms with van der Waals surface area (Å²) >= 11 is 0. The summed E-state index contributed by atoms with van der Waals surface area (Å²) in [5, 5.41) is 0. The van der Waals surface area contributed by atoms with Gasteiger partial charge in [0, 0.05) is 0 Å². The number of hydrogen-bond acceptors (Lipinski definition) is 4. The van der Waals surface area contributed by atoms with E-state index in [1.165, 1.54) is 0 Å². The average Bonchev–Trinajstić information content (AvgIpc) is 3.53. The van der Waals surface area contributed by atoms with Crippen molar-refractivity contribution in [3.8, 4) is 11.5 Å². The second-order valence-electron chi connectivity index (χ2n) is 6.00. The Bertz CT molecular complexity index is 621. The molecule has 0 bridgehead atoms. The molecular weight excluding hydrogens is 304 g/mol. The maximum Gasteiger partial charge on any atom is 0.119 e. The summed E-state index contributed by atoms with van der Waals surface area (Å²) in [6.45, 7) is 2.91. The van der Waals surface area contributed by atoms with Crippen LogP contribution in [-0.4, -0.2) is 38.6 Å². The summed E-state index contributed by atoms with van der Waals surface area (Å²) in [4.78, 5) is 0. The summed E-state index contributed by atoms with van der Waals surface area (Å²) in [6.07, 6.45) is 4.74. The van der Waals surface area contributed by atoms with Crippen molar-refractivity contribution in [3.63, 3.8) is 0 Å². The summed E-state index contributed by atoms with van der Waals surface area (Å²) in [7, 11) is 0. The lowest BCUT2D eigenvalue weighted by Gasteiger charge is -2.04. The minimum atomic E-state index is 0.285. The molecule has 2 aliphatic heterocycles. The third-order valence-corrected chi connectivity index (χ3v) is 3.90. The Kier molecular flexibility index (Phi) is 4.49. The van der Waals surface area contributed by atoms with E-state index in [4.69, 9.17) is 18.9 Å². The van der Waals surface area contributed by atoms with Crippen molar-refractivity contribution in [2.45, 2.75) is 12.2 Å². The standard InChI is InChI=1S/C20H20O4/c1(15-3-7-17(8-4-15)21-11-19-13-23-19)2-16-5-9-18(10-6-16)22-12-20-14-24-20/h1-10,19-20H,11-14H2. The summed E-state index contributed by atoms with van der Waals surface area (Å²) in [5.74, 6) is 1.76. The second kappa shape index (κ2) is 7.07. The van der Waals surface area contributed by atoms with Crippen LogP contribution in [0.3, 0.4) is 0 Å². The zero-order valence-corrected chi connectivity index (χ0v) is 13.4. The summed E-state index contributed by atoms with van der Waals surface area (Å²) < 4.78 is 21.5. The van der Waals surface area contributed by atoms with Gasteiger partial charge in [-0.2, -0.15) is 0 Å². The van der Waals surface area contributed by atoms with Gasteiger partial charge in [0.15, 0.2) is 0 Å². The van der Waals surface area contributed by atoms with Crippen molar-refractivity contribution in [1.29, 1.82) is 0 Å². The normalized spacial score (nSPS) is 21.7. The molecule has 0 aliphatic carbocycles. The zero-order chi connectivity index (χ0) is 16.2. The van der Waals surface area contributed by atoms with Gasteiger partial charge in [0.1, 0.15) is 36.9 Å². The van der Waals surface area contributed by atoms with Crippen LogP contribution >= 0.6 is 0 Å². The zero-order valence-electron chi connectivity index (χ0n) is 13.4. The topological polar surface area (TPSA) is 43.5 Å². The van der Waals surface area contributed by atoms with Gasteiger partial charge in [0.2, 0.25) is 0 Å². The predicted octanol–water partition coefficient (Wildman–Crippen LogP) is 3.41.